The van der Waals surface area contributed by atoms with Crippen molar-refractivity contribution in [2.75, 3.05) is 13.1 Å². The Kier molecular flexibility index (Phi) is 6.67. The summed E-state index contributed by atoms with van der Waals surface area (Å²) >= 11 is 0. The molecule has 0 aromatic heterocycles. The van der Waals surface area contributed by atoms with E-state index in [0.717, 1.165) is 30.9 Å². The van der Waals surface area contributed by atoms with Gasteiger partial charge in [0.15, 0.2) is 5.96 Å². The van der Waals surface area contributed by atoms with Gasteiger partial charge in [0.05, 0.1) is 0 Å². The van der Waals surface area contributed by atoms with Crippen molar-refractivity contribution in [1.29, 1.82) is 0 Å². The second-order valence-electron chi connectivity index (χ2n) is 5.57. The largest absolute Gasteiger partial charge is 0.357 e. The smallest absolute Gasteiger partial charge is 0.191 e. The van der Waals surface area contributed by atoms with Gasteiger partial charge in [-0.15, -0.1) is 24.0 Å². The molecule has 0 aromatic rings. The molecule has 2 unspecified atom stereocenters. The number of rotatable bonds is 3. The fraction of sp³-hybridized carbons (Fsp3) is 0.917. The molecular formula is C12H26IN3. The van der Waals surface area contributed by atoms with Crippen LogP contribution in [0.1, 0.15) is 41.0 Å². The van der Waals surface area contributed by atoms with Crippen LogP contribution in [0.15, 0.2) is 4.99 Å². The number of nitrogens with one attached hydrogen (secondary N) is 2. The predicted molar refractivity (Wildman–Crippen MR) is 81.6 cm³/mol. The summed E-state index contributed by atoms with van der Waals surface area (Å²) in [4.78, 5) is 4.61. The van der Waals surface area contributed by atoms with Gasteiger partial charge in [0, 0.05) is 18.6 Å². The van der Waals surface area contributed by atoms with Crippen molar-refractivity contribution >= 4 is 29.9 Å². The van der Waals surface area contributed by atoms with Crippen molar-refractivity contribution < 1.29 is 0 Å². The molecule has 1 rings (SSSR count). The van der Waals surface area contributed by atoms with Gasteiger partial charge in [0.1, 0.15) is 0 Å². The molecule has 0 aromatic carbocycles. The van der Waals surface area contributed by atoms with E-state index in [1.54, 1.807) is 0 Å². The van der Waals surface area contributed by atoms with E-state index in [1.807, 2.05) is 0 Å². The van der Waals surface area contributed by atoms with Crippen LogP contribution < -0.4 is 10.6 Å². The van der Waals surface area contributed by atoms with Gasteiger partial charge in [-0.3, -0.25) is 4.99 Å². The maximum Gasteiger partial charge on any atom is 0.191 e. The molecule has 3 nitrogen and oxygen atoms in total. The average Bonchev–Trinajstić information content (AvgIpc) is 2.76. The minimum atomic E-state index is 0. The number of halogens is 1. The first-order chi connectivity index (χ1) is 6.92. The van der Waals surface area contributed by atoms with E-state index in [-0.39, 0.29) is 29.5 Å². The van der Waals surface area contributed by atoms with Gasteiger partial charge in [-0.1, -0.05) is 6.92 Å². The lowest BCUT2D eigenvalue weighted by Gasteiger charge is -2.23. The molecule has 0 heterocycles. The maximum atomic E-state index is 4.61. The SMILES string of the molecule is CCNC(=NCC1CC1C)NC(C)(C)C.I. The van der Waals surface area contributed by atoms with Crippen molar-refractivity contribution in [3.63, 3.8) is 0 Å². The first-order valence-corrected chi connectivity index (χ1v) is 5.99. The van der Waals surface area contributed by atoms with E-state index in [0.29, 0.717) is 0 Å². The number of aliphatic imine (C=N–C) groups is 1. The van der Waals surface area contributed by atoms with Crippen LogP contribution in [0.2, 0.25) is 0 Å². The first kappa shape index (κ1) is 16.0. The second-order valence-corrected chi connectivity index (χ2v) is 5.57. The molecule has 2 N–H and O–H groups in total. The number of nitrogens with zero attached hydrogens (tertiary/aromatic N) is 1. The Morgan fingerprint density at radius 1 is 1.38 bits per heavy atom. The Morgan fingerprint density at radius 3 is 2.31 bits per heavy atom. The summed E-state index contributed by atoms with van der Waals surface area (Å²) in [5.74, 6) is 2.65. The van der Waals surface area contributed by atoms with Gasteiger partial charge >= 0.3 is 0 Å². The number of hydrogen-bond donors (Lipinski definition) is 2. The van der Waals surface area contributed by atoms with E-state index >= 15 is 0 Å². The van der Waals surface area contributed by atoms with Crippen LogP contribution in [0.5, 0.6) is 0 Å². The van der Waals surface area contributed by atoms with Crippen molar-refractivity contribution in [2.24, 2.45) is 16.8 Å². The van der Waals surface area contributed by atoms with E-state index in [2.05, 4.69) is 50.2 Å². The molecule has 0 aliphatic heterocycles. The van der Waals surface area contributed by atoms with Gasteiger partial charge in [-0.05, 0) is 46.0 Å². The van der Waals surface area contributed by atoms with Crippen LogP contribution in [0.4, 0.5) is 0 Å². The number of hydrogen-bond acceptors (Lipinski definition) is 1. The molecule has 1 saturated carbocycles. The van der Waals surface area contributed by atoms with Crippen LogP contribution in [0.25, 0.3) is 0 Å². The highest BCUT2D eigenvalue weighted by Gasteiger charge is 2.32. The molecule has 1 aliphatic carbocycles. The minimum Gasteiger partial charge on any atom is -0.357 e. The Bertz CT molecular complexity index is 233. The third kappa shape index (κ3) is 6.55. The van der Waals surface area contributed by atoms with Crippen molar-refractivity contribution in [3.05, 3.63) is 0 Å². The van der Waals surface area contributed by atoms with Crippen LogP contribution in [-0.2, 0) is 0 Å². The van der Waals surface area contributed by atoms with Gasteiger partial charge < -0.3 is 10.6 Å². The summed E-state index contributed by atoms with van der Waals surface area (Å²) in [5.41, 5.74) is 0.0795. The molecule has 1 aliphatic rings. The monoisotopic (exact) mass is 339 g/mol. The molecule has 0 radical (unpaired) electrons. The third-order valence-electron chi connectivity index (χ3n) is 2.60. The van der Waals surface area contributed by atoms with E-state index < -0.39 is 0 Å². The Labute approximate surface area is 117 Å². The normalized spacial score (nSPS) is 24.7. The molecule has 0 bridgehead atoms. The zero-order valence-electron chi connectivity index (χ0n) is 11.1. The quantitative estimate of drug-likeness (QED) is 0.471. The second kappa shape index (κ2) is 6.67. The summed E-state index contributed by atoms with van der Waals surface area (Å²) in [5, 5.41) is 6.67. The van der Waals surface area contributed by atoms with Gasteiger partial charge in [0.2, 0.25) is 0 Å². The van der Waals surface area contributed by atoms with Crippen molar-refractivity contribution in [1.82, 2.24) is 10.6 Å². The van der Waals surface area contributed by atoms with Crippen molar-refractivity contribution in [2.45, 2.75) is 46.6 Å². The minimum absolute atomic E-state index is 0. The lowest BCUT2D eigenvalue weighted by Crippen LogP contribution is -2.47. The molecule has 0 saturated heterocycles. The summed E-state index contributed by atoms with van der Waals surface area (Å²) < 4.78 is 0. The van der Waals surface area contributed by atoms with Crippen LogP contribution >= 0.6 is 24.0 Å². The lowest BCUT2D eigenvalue weighted by molar-refractivity contribution is 0.501. The molecule has 0 amide bonds. The van der Waals surface area contributed by atoms with Crippen molar-refractivity contribution in [3.8, 4) is 0 Å². The fourth-order valence-corrected chi connectivity index (χ4v) is 1.52. The topological polar surface area (TPSA) is 36.4 Å². The fourth-order valence-electron chi connectivity index (χ4n) is 1.52. The van der Waals surface area contributed by atoms with E-state index in [9.17, 15) is 0 Å². The summed E-state index contributed by atoms with van der Waals surface area (Å²) in [6.45, 7) is 12.7. The Morgan fingerprint density at radius 2 is 1.94 bits per heavy atom. The lowest BCUT2D eigenvalue weighted by atomic mass is 10.1. The van der Waals surface area contributed by atoms with Gasteiger partial charge in [-0.2, -0.15) is 0 Å². The van der Waals surface area contributed by atoms with Crippen LogP contribution in [0.3, 0.4) is 0 Å². The van der Waals surface area contributed by atoms with Crippen LogP contribution in [0, 0.1) is 11.8 Å². The molecule has 1 fully saturated rings. The average molecular weight is 339 g/mol. The molecule has 96 valence electrons. The highest BCUT2D eigenvalue weighted by Crippen LogP contribution is 2.37. The Balaban J connectivity index is 0.00000225. The standard InChI is InChI=1S/C12H25N3.HI/c1-6-13-11(15-12(3,4)5)14-8-10-7-9(10)2;/h9-10H,6-8H2,1-5H3,(H2,13,14,15);1H. The molecular weight excluding hydrogens is 313 g/mol. The highest BCUT2D eigenvalue weighted by molar-refractivity contribution is 14.0. The molecule has 2 atom stereocenters. The molecule has 16 heavy (non-hydrogen) atoms. The Hall–Kier alpha value is 0. The van der Waals surface area contributed by atoms with E-state index in [4.69, 9.17) is 0 Å². The predicted octanol–water partition coefficient (Wildman–Crippen LogP) is 2.61. The molecule has 4 heteroatoms. The van der Waals surface area contributed by atoms with Gasteiger partial charge in [-0.25, -0.2) is 0 Å². The van der Waals surface area contributed by atoms with E-state index in [1.165, 1.54) is 6.42 Å². The third-order valence-corrected chi connectivity index (χ3v) is 2.60. The highest BCUT2D eigenvalue weighted by atomic mass is 127. The molecule has 0 spiro atoms. The summed E-state index contributed by atoms with van der Waals surface area (Å²) in [6, 6.07) is 0. The van der Waals surface area contributed by atoms with Crippen LogP contribution in [-0.4, -0.2) is 24.6 Å². The van der Waals surface area contributed by atoms with Gasteiger partial charge in [0.25, 0.3) is 0 Å². The summed E-state index contributed by atoms with van der Waals surface area (Å²) in [6.07, 6.45) is 1.35. The first-order valence-electron chi connectivity index (χ1n) is 5.99. The zero-order valence-corrected chi connectivity index (χ0v) is 13.5. The number of guanidine groups is 1. The maximum absolute atomic E-state index is 4.61. The zero-order chi connectivity index (χ0) is 11.5. The summed E-state index contributed by atoms with van der Waals surface area (Å²) in [7, 11) is 0.